The van der Waals surface area contributed by atoms with E-state index in [1.54, 1.807) is 0 Å². The van der Waals surface area contributed by atoms with Gasteiger partial charge in [-0.05, 0) is 96.8 Å². The summed E-state index contributed by atoms with van der Waals surface area (Å²) >= 11 is 0. The van der Waals surface area contributed by atoms with Gasteiger partial charge in [-0.2, -0.15) is 0 Å². The highest BCUT2D eigenvalue weighted by molar-refractivity contribution is 5.95. The molecule has 2 aliphatic carbocycles. The predicted octanol–water partition coefficient (Wildman–Crippen LogP) is 9.83. The first-order valence-corrected chi connectivity index (χ1v) is 15.3. The normalized spacial score (nSPS) is 17.0. The SMILES string of the molecule is C=Cc1ccc2c(c1C=C)C(OC(=O)C(C)(C)C)Cc1cc3c(cc1-2)CC(OC(=O)C(C)(C)C)c1c-3ccc2ccccc12. The quantitative estimate of drug-likeness (QED) is 0.224. The van der Waals surface area contributed by atoms with Crippen molar-refractivity contribution < 1.29 is 19.1 Å². The zero-order valence-corrected chi connectivity index (χ0v) is 26.5. The summed E-state index contributed by atoms with van der Waals surface area (Å²) in [4.78, 5) is 26.4. The lowest BCUT2D eigenvalue weighted by molar-refractivity contribution is -0.159. The molecule has 4 aromatic rings. The van der Waals surface area contributed by atoms with E-state index in [1.165, 1.54) is 0 Å². The van der Waals surface area contributed by atoms with Crippen LogP contribution in [0.1, 0.15) is 87.1 Å². The highest BCUT2D eigenvalue weighted by atomic mass is 16.5. The number of carbonyl (C=O) groups is 2. The molecule has 44 heavy (non-hydrogen) atoms. The maximum Gasteiger partial charge on any atom is 0.311 e. The molecule has 2 atom stereocenters. The van der Waals surface area contributed by atoms with Gasteiger partial charge in [0.2, 0.25) is 0 Å². The van der Waals surface area contributed by atoms with E-state index in [0.29, 0.717) is 12.8 Å². The molecule has 0 spiro atoms. The van der Waals surface area contributed by atoms with E-state index in [9.17, 15) is 9.59 Å². The fourth-order valence-electron chi connectivity index (χ4n) is 6.46. The smallest absolute Gasteiger partial charge is 0.311 e. The highest BCUT2D eigenvalue weighted by Gasteiger charge is 2.37. The molecule has 0 N–H and O–H groups in total. The van der Waals surface area contributed by atoms with Crippen LogP contribution in [0, 0.1) is 10.8 Å². The molecule has 4 heteroatoms. The lowest BCUT2D eigenvalue weighted by Crippen LogP contribution is -2.28. The van der Waals surface area contributed by atoms with Crippen LogP contribution in [-0.4, -0.2) is 11.9 Å². The molecule has 2 aliphatic rings. The molecule has 0 aliphatic heterocycles. The van der Waals surface area contributed by atoms with Gasteiger partial charge in [0, 0.05) is 24.0 Å². The average molecular weight is 585 g/mol. The standard InChI is InChI=1S/C40H40O4/c1-9-23-15-17-29-31-19-26-22-34(44-38(42)40(6,7)8)36-28-14-12-11-13-24(28)16-18-30(36)32(26)20-25(31)21-33(35(29)27(23)10-2)43-37(41)39(3,4)5/h9-20,33-34H,1-2,21-22H2,3-8H3. The van der Waals surface area contributed by atoms with E-state index in [4.69, 9.17) is 9.47 Å². The Kier molecular flexibility index (Phi) is 7.15. The maximum absolute atomic E-state index is 13.2. The second-order valence-corrected chi connectivity index (χ2v) is 14.0. The predicted molar refractivity (Wildman–Crippen MR) is 179 cm³/mol. The molecule has 0 aromatic heterocycles. The third kappa shape index (κ3) is 4.96. The van der Waals surface area contributed by atoms with E-state index < -0.39 is 23.0 Å². The summed E-state index contributed by atoms with van der Waals surface area (Å²) in [7, 11) is 0. The fraction of sp³-hybridized carbons (Fsp3) is 0.300. The van der Waals surface area contributed by atoms with Gasteiger partial charge in [-0.15, -0.1) is 0 Å². The van der Waals surface area contributed by atoms with Crippen LogP contribution in [0.25, 0.3) is 45.2 Å². The van der Waals surface area contributed by atoms with Crippen LogP contribution >= 0.6 is 0 Å². The van der Waals surface area contributed by atoms with E-state index in [-0.39, 0.29) is 11.9 Å². The second kappa shape index (κ2) is 10.6. The number of ether oxygens (including phenoxy) is 2. The number of rotatable bonds is 4. The first-order valence-electron chi connectivity index (χ1n) is 15.3. The summed E-state index contributed by atoms with van der Waals surface area (Å²) in [6.07, 6.45) is 3.89. The Morgan fingerprint density at radius 1 is 0.682 bits per heavy atom. The Balaban J connectivity index is 1.56. The monoisotopic (exact) mass is 584 g/mol. The zero-order valence-electron chi connectivity index (χ0n) is 26.5. The second-order valence-electron chi connectivity index (χ2n) is 14.0. The highest BCUT2D eigenvalue weighted by Crippen LogP contribution is 2.50. The van der Waals surface area contributed by atoms with Crippen molar-refractivity contribution in [1.29, 1.82) is 0 Å². The van der Waals surface area contributed by atoms with Gasteiger partial charge in [-0.3, -0.25) is 9.59 Å². The lowest BCUT2D eigenvalue weighted by Gasteiger charge is -2.35. The third-order valence-corrected chi connectivity index (χ3v) is 8.80. The van der Waals surface area contributed by atoms with E-state index in [2.05, 4.69) is 61.7 Å². The molecule has 0 heterocycles. The fourth-order valence-corrected chi connectivity index (χ4v) is 6.46. The summed E-state index contributed by atoms with van der Waals surface area (Å²) in [5, 5.41) is 2.21. The van der Waals surface area contributed by atoms with Crippen molar-refractivity contribution in [3.63, 3.8) is 0 Å². The van der Waals surface area contributed by atoms with Gasteiger partial charge in [0.15, 0.2) is 0 Å². The topological polar surface area (TPSA) is 52.6 Å². The van der Waals surface area contributed by atoms with Crippen molar-refractivity contribution in [3.8, 4) is 22.3 Å². The van der Waals surface area contributed by atoms with Crippen LogP contribution in [0.5, 0.6) is 0 Å². The molecule has 0 fully saturated rings. The van der Waals surface area contributed by atoms with Crippen molar-refractivity contribution in [2.45, 2.75) is 66.6 Å². The molecule has 0 amide bonds. The molecule has 0 saturated carbocycles. The molecular weight excluding hydrogens is 544 g/mol. The molecule has 2 unspecified atom stereocenters. The van der Waals surface area contributed by atoms with Crippen molar-refractivity contribution >= 4 is 34.9 Å². The summed E-state index contributed by atoms with van der Waals surface area (Å²) in [5.74, 6) is -0.460. The van der Waals surface area contributed by atoms with Gasteiger partial charge in [0.25, 0.3) is 0 Å². The first-order chi connectivity index (χ1) is 20.8. The number of carbonyl (C=O) groups excluding carboxylic acids is 2. The lowest BCUT2D eigenvalue weighted by atomic mass is 9.74. The Hall–Kier alpha value is -4.44. The molecule has 6 rings (SSSR count). The Labute approximate surface area is 260 Å². The van der Waals surface area contributed by atoms with Crippen LogP contribution in [0.4, 0.5) is 0 Å². The number of esters is 2. The molecule has 4 aromatic carbocycles. The zero-order chi connectivity index (χ0) is 31.6. The van der Waals surface area contributed by atoms with E-state index in [0.717, 1.165) is 66.4 Å². The third-order valence-electron chi connectivity index (χ3n) is 8.80. The summed E-state index contributed by atoms with van der Waals surface area (Å²) < 4.78 is 12.6. The molecule has 0 saturated heterocycles. The van der Waals surface area contributed by atoms with Crippen molar-refractivity contribution in [1.82, 2.24) is 0 Å². The number of hydrogen-bond donors (Lipinski definition) is 0. The maximum atomic E-state index is 13.2. The molecule has 224 valence electrons. The van der Waals surface area contributed by atoms with Crippen LogP contribution in [0.2, 0.25) is 0 Å². The van der Waals surface area contributed by atoms with Crippen LogP contribution in [-0.2, 0) is 31.9 Å². The number of hydrogen-bond acceptors (Lipinski definition) is 4. The van der Waals surface area contributed by atoms with Crippen molar-refractivity contribution in [3.05, 3.63) is 107 Å². The molecule has 0 radical (unpaired) electrons. The minimum absolute atomic E-state index is 0.218. The van der Waals surface area contributed by atoms with Crippen molar-refractivity contribution in [2.24, 2.45) is 10.8 Å². The van der Waals surface area contributed by atoms with Gasteiger partial charge in [0.05, 0.1) is 10.8 Å². The molecule has 4 nitrogen and oxygen atoms in total. The Bertz CT molecular complexity index is 1860. The molecular formula is C40H40O4. The minimum Gasteiger partial charge on any atom is -0.457 e. The molecule has 0 bridgehead atoms. The Morgan fingerprint density at radius 2 is 1.20 bits per heavy atom. The summed E-state index contributed by atoms with van der Waals surface area (Å²) in [6, 6.07) is 21.2. The van der Waals surface area contributed by atoms with E-state index in [1.807, 2.05) is 65.8 Å². The van der Waals surface area contributed by atoms with Gasteiger partial charge in [-0.25, -0.2) is 0 Å². The summed E-state index contributed by atoms with van der Waals surface area (Å²) in [6.45, 7) is 19.4. The van der Waals surface area contributed by atoms with E-state index >= 15 is 0 Å². The van der Waals surface area contributed by atoms with Gasteiger partial charge in [-0.1, -0.05) is 86.0 Å². The Morgan fingerprint density at radius 3 is 1.75 bits per heavy atom. The van der Waals surface area contributed by atoms with Crippen molar-refractivity contribution in [2.75, 3.05) is 0 Å². The number of fused-ring (bicyclic) bond motifs is 8. The minimum atomic E-state index is -0.639. The van der Waals surface area contributed by atoms with Gasteiger partial charge < -0.3 is 9.47 Å². The largest absolute Gasteiger partial charge is 0.457 e. The first kappa shape index (κ1) is 29.6. The van der Waals surface area contributed by atoms with Gasteiger partial charge >= 0.3 is 11.9 Å². The number of benzene rings is 4. The van der Waals surface area contributed by atoms with Crippen LogP contribution in [0.3, 0.4) is 0 Å². The van der Waals surface area contributed by atoms with Crippen LogP contribution < -0.4 is 0 Å². The van der Waals surface area contributed by atoms with Crippen LogP contribution in [0.15, 0.2) is 73.8 Å². The summed E-state index contributed by atoms with van der Waals surface area (Å²) in [5.41, 5.74) is 9.20. The average Bonchev–Trinajstić information content (AvgIpc) is 2.98. The van der Waals surface area contributed by atoms with Gasteiger partial charge in [0.1, 0.15) is 12.2 Å².